The van der Waals surface area contributed by atoms with Crippen molar-refractivity contribution in [2.24, 2.45) is 7.05 Å². The lowest BCUT2D eigenvalue weighted by atomic mass is 10.0. The van der Waals surface area contributed by atoms with Gasteiger partial charge in [0.05, 0.1) is 24.0 Å². The molecule has 4 aromatic heterocycles. The largest absolute Gasteiger partial charge is 0.451 e. The fourth-order valence-corrected chi connectivity index (χ4v) is 3.36. The first-order valence-corrected chi connectivity index (χ1v) is 8.16. The number of aromatic nitrogens is 3. The summed E-state index contributed by atoms with van der Waals surface area (Å²) in [4.78, 5) is 9.01. The quantitative estimate of drug-likeness (QED) is 0.432. The molecule has 0 aliphatic heterocycles. The van der Waals surface area contributed by atoms with E-state index in [2.05, 4.69) is 23.0 Å². The number of nitrogens with zero attached hydrogens (tertiary/aromatic N) is 3. The van der Waals surface area contributed by atoms with E-state index in [0.29, 0.717) is 5.71 Å². The zero-order valence-corrected chi connectivity index (χ0v) is 14.2. The molecule has 5 heteroatoms. The Morgan fingerprint density at radius 2 is 1.72 bits per heavy atom. The Bertz CT molecular complexity index is 1280. The molecule has 25 heavy (non-hydrogen) atoms. The summed E-state index contributed by atoms with van der Waals surface area (Å²) in [5.41, 5.74) is 5.90. The minimum atomic E-state index is 0.612. The van der Waals surface area contributed by atoms with Gasteiger partial charge >= 0.3 is 5.82 Å². The van der Waals surface area contributed by atoms with Gasteiger partial charge < -0.3 is 8.83 Å². The van der Waals surface area contributed by atoms with Crippen LogP contribution in [0.4, 0.5) is 0 Å². The second-order valence-corrected chi connectivity index (χ2v) is 6.36. The van der Waals surface area contributed by atoms with E-state index in [9.17, 15) is 0 Å². The van der Waals surface area contributed by atoms with Crippen LogP contribution in [0.25, 0.3) is 44.6 Å². The molecule has 0 radical (unpaired) electrons. The number of rotatable bonds is 1. The third-order valence-electron chi connectivity index (χ3n) is 4.61. The minimum Gasteiger partial charge on any atom is -0.451 e. The summed E-state index contributed by atoms with van der Waals surface area (Å²) in [6.45, 7) is 4.02. The second-order valence-electron chi connectivity index (χ2n) is 6.36. The van der Waals surface area contributed by atoms with Gasteiger partial charge in [0, 0.05) is 11.8 Å². The predicted molar refractivity (Wildman–Crippen MR) is 95.2 cm³/mol. The van der Waals surface area contributed by atoms with Crippen molar-refractivity contribution in [3.63, 3.8) is 0 Å². The standard InChI is InChI=1S/C20H16N3O2/c1-11-5-7-13-16(15(11)19-21-9-4-10-23(19)3)24-18-14-8-6-12(2)22-20(14)25-17(13)18/h4-10H,1-3H3/q+1. The van der Waals surface area contributed by atoms with Crippen LogP contribution in [-0.2, 0) is 7.05 Å². The molecule has 0 N–H and O–H groups in total. The van der Waals surface area contributed by atoms with E-state index in [1.165, 1.54) is 0 Å². The lowest BCUT2D eigenvalue weighted by Crippen LogP contribution is -2.31. The van der Waals surface area contributed by atoms with Gasteiger partial charge in [0.25, 0.3) is 0 Å². The van der Waals surface area contributed by atoms with Crippen LogP contribution < -0.4 is 4.57 Å². The molecular weight excluding hydrogens is 314 g/mol. The van der Waals surface area contributed by atoms with Crippen molar-refractivity contribution >= 4 is 33.2 Å². The zero-order valence-electron chi connectivity index (χ0n) is 14.2. The minimum absolute atomic E-state index is 0.612. The maximum atomic E-state index is 6.28. The number of furan rings is 2. The number of pyridine rings is 1. The van der Waals surface area contributed by atoms with E-state index in [1.807, 2.05) is 49.0 Å². The fraction of sp³-hybridized carbons (Fsp3) is 0.150. The summed E-state index contributed by atoms with van der Waals surface area (Å²) in [7, 11) is 1.98. The summed E-state index contributed by atoms with van der Waals surface area (Å²) in [5, 5.41) is 1.84. The highest BCUT2D eigenvalue weighted by atomic mass is 16.4. The highest BCUT2D eigenvalue weighted by Gasteiger charge is 2.24. The second kappa shape index (κ2) is 4.89. The summed E-state index contributed by atoms with van der Waals surface area (Å²) < 4.78 is 14.3. The van der Waals surface area contributed by atoms with Crippen LogP contribution in [-0.4, -0.2) is 9.97 Å². The van der Waals surface area contributed by atoms with Gasteiger partial charge in [0.1, 0.15) is 11.8 Å². The molecule has 5 rings (SSSR count). The number of benzene rings is 1. The smallest absolute Gasteiger partial charge is 0.334 e. The number of aryl methyl sites for hydroxylation is 3. The highest BCUT2D eigenvalue weighted by molar-refractivity contribution is 6.14. The molecule has 0 bridgehead atoms. The van der Waals surface area contributed by atoms with Crippen LogP contribution in [0.3, 0.4) is 0 Å². The lowest BCUT2D eigenvalue weighted by Gasteiger charge is -2.03. The topological polar surface area (TPSA) is 55.9 Å². The van der Waals surface area contributed by atoms with E-state index in [-0.39, 0.29) is 0 Å². The number of fused-ring (bicyclic) bond motifs is 5. The zero-order chi connectivity index (χ0) is 17.1. The van der Waals surface area contributed by atoms with E-state index in [0.717, 1.165) is 50.2 Å². The van der Waals surface area contributed by atoms with Crippen LogP contribution in [0.5, 0.6) is 0 Å². The summed E-state index contributed by atoms with van der Waals surface area (Å²) in [5.74, 6) is 0.861. The highest BCUT2D eigenvalue weighted by Crippen LogP contribution is 2.40. The van der Waals surface area contributed by atoms with Gasteiger partial charge in [-0.2, -0.15) is 0 Å². The molecule has 0 amide bonds. The third kappa shape index (κ3) is 1.92. The summed E-state index contributed by atoms with van der Waals surface area (Å²) in [6.07, 6.45) is 3.78. The molecule has 1 aromatic carbocycles. The van der Waals surface area contributed by atoms with Gasteiger partial charge in [0.2, 0.25) is 5.71 Å². The average Bonchev–Trinajstić information content (AvgIpc) is 3.11. The molecule has 0 aliphatic rings. The van der Waals surface area contributed by atoms with Gasteiger partial charge in [0.15, 0.2) is 16.7 Å². The molecular formula is C20H16N3O2+. The molecule has 0 unspecified atom stereocenters. The molecule has 5 aromatic rings. The van der Waals surface area contributed by atoms with Crippen LogP contribution >= 0.6 is 0 Å². The molecule has 0 saturated heterocycles. The molecule has 122 valence electrons. The van der Waals surface area contributed by atoms with Crippen molar-refractivity contribution < 1.29 is 13.4 Å². The summed E-state index contributed by atoms with van der Waals surface area (Å²) in [6, 6.07) is 9.99. The lowest BCUT2D eigenvalue weighted by molar-refractivity contribution is -0.663. The van der Waals surface area contributed by atoms with Crippen LogP contribution in [0.2, 0.25) is 0 Å². The Labute approximate surface area is 143 Å². The van der Waals surface area contributed by atoms with E-state index < -0.39 is 0 Å². The van der Waals surface area contributed by atoms with Gasteiger partial charge in [-0.3, -0.25) is 0 Å². The SMILES string of the molecule is Cc1ccc2c(n1)oc1c3ccc(C)c(-c4nccc[n+]4C)c3oc21. The van der Waals surface area contributed by atoms with Crippen molar-refractivity contribution in [3.8, 4) is 11.4 Å². The van der Waals surface area contributed by atoms with Gasteiger partial charge in [-0.15, -0.1) is 0 Å². The normalized spacial score (nSPS) is 11.8. The van der Waals surface area contributed by atoms with Crippen LogP contribution in [0.1, 0.15) is 11.3 Å². The van der Waals surface area contributed by atoms with Crippen LogP contribution in [0, 0.1) is 13.8 Å². The Kier molecular flexibility index (Phi) is 2.77. The molecule has 0 atom stereocenters. The molecule has 5 nitrogen and oxygen atoms in total. The maximum absolute atomic E-state index is 6.28. The molecule has 4 heterocycles. The predicted octanol–water partition coefficient (Wildman–Crippen LogP) is 4.23. The maximum Gasteiger partial charge on any atom is 0.334 e. The molecule has 0 spiro atoms. The third-order valence-corrected chi connectivity index (χ3v) is 4.61. The van der Waals surface area contributed by atoms with Crippen molar-refractivity contribution in [3.05, 3.63) is 54.0 Å². The van der Waals surface area contributed by atoms with E-state index in [4.69, 9.17) is 8.83 Å². The first-order chi connectivity index (χ1) is 12.1. The Morgan fingerprint density at radius 1 is 0.920 bits per heavy atom. The van der Waals surface area contributed by atoms with E-state index in [1.54, 1.807) is 6.20 Å². The molecule has 0 fully saturated rings. The first kappa shape index (κ1) is 14.2. The Balaban J connectivity index is 1.93. The van der Waals surface area contributed by atoms with Gasteiger partial charge in [-0.25, -0.2) is 9.55 Å². The average molecular weight is 330 g/mol. The van der Waals surface area contributed by atoms with Crippen molar-refractivity contribution in [1.29, 1.82) is 0 Å². The summed E-state index contributed by atoms with van der Waals surface area (Å²) >= 11 is 0. The molecule has 0 saturated carbocycles. The number of hydrogen-bond donors (Lipinski definition) is 0. The van der Waals surface area contributed by atoms with Crippen LogP contribution in [0.15, 0.2) is 51.6 Å². The first-order valence-electron chi connectivity index (χ1n) is 8.16. The van der Waals surface area contributed by atoms with Gasteiger partial charge in [-0.05, 0) is 42.6 Å². The number of hydrogen-bond acceptors (Lipinski definition) is 4. The Hall–Kier alpha value is -3.21. The van der Waals surface area contributed by atoms with Crippen molar-refractivity contribution in [2.75, 3.05) is 0 Å². The Morgan fingerprint density at radius 3 is 2.56 bits per heavy atom. The van der Waals surface area contributed by atoms with Crippen molar-refractivity contribution in [1.82, 2.24) is 9.97 Å². The van der Waals surface area contributed by atoms with Gasteiger partial charge in [-0.1, -0.05) is 6.07 Å². The fourth-order valence-electron chi connectivity index (χ4n) is 3.36. The van der Waals surface area contributed by atoms with E-state index >= 15 is 0 Å². The monoisotopic (exact) mass is 330 g/mol. The van der Waals surface area contributed by atoms with Crippen molar-refractivity contribution in [2.45, 2.75) is 13.8 Å². The molecule has 0 aliphatic carbocycles.